The first-order chi connectivity index (χ1) is 10.2. The van der Waals surface area contributed by atoms with Crippen molar-refractivity contribution < 1.29 is 5.21 Å². The summed E-state index contributed by atoms with van der Waals surface area (Å²) in [6.07, 6.45) is 6.68. The van der Waals surface area contributed by atoms with E-state index in [0.717, 1.165) is 42.0 Å². The van der Waals surface area contributed by atoms with Gasteiger partial charge in [0.2, 0.25) is 0 Å². The molecule has 2 unspecified atom stereocenters. The average Bonchev–Trinajstić information content (AvgIpc) is 2.53. The van der Waals surface area contributed by atoms with E-state index in [2.05, 4.69) is 15.0 Å². The highest BCUT2D eigenvalue weighted by Gasteiger charge is 2.32. The molecule has 0 aromatic carbocycles. The fraction of sp³-hybridized carbons (Fsp3) is 0.625. The van der Waals surface area contributed by atoms with Gasteiger partial charge < -0.3 is 15.8 Å². The van der Waals surface area contributed by atoms with E-state index in [1.807, 2.05) is 19.1 Å². The standard InChI is InChI=1S/C16H24N4O/c1-11-6-7-14(15(17)19-21)16(18-11)20-9-8-12-4-2-3-5-13(12)10-20/h6-7,12-13,21H,2-5,8-10H2,1H3,(H2,17,19). The predicted molar refractivity (Wildman–Crippen MR) is 83.8 cm³/mol. The van der Waals surface area contributed by atoms with E-state index in [9.17, 15) is 0 Å². The summed E-state index contributed by atoms with van der Waals surface area (Å²) >= 11 is 0. The van der Waals surface area contributed by atoms with E-state index in [1.165, 1.54) is 32.1 Å². The number of aryl methyl sites for hydroxylation is 1. The zero-order chi connectivity index (χ0) is 14.8. The Morgan fingerprint density at radius 1 is 1.29 bits per heavy atom. The molecule has 2 atom stereocenters. The Hall–Kier alpha value is -1.78. The number of nitrogens with two attached hydrogens (primary N) is 1. The SMILES string of the molecule is Cc1ccc(C(N)=NO)c(N2CCC3CCCCC3C2)n1. The van der Waals surface area contributed by atoms with Crippen LogP contribution in [-0.2, 0) is 0 Å². The highest BCUT2D eigenvalue weighted by molar-refractivity contribution is 6.01. The number of amidine groups is 1. The molecule has 5 heteroatoms. The molecule has 2 aliphatic rings. The number of oxime groups is 1. The third-order valence-corrected chi connectivity index (χ3v) is 4.99. The molecule has 1 aliphatic carbocycles. The van der Waals surface area contributed by atoms with Crippen LogP contribution in [0.4, 0.5) is 5.82 Å². The zero-order valence-corrected chi connectivity index (χ0v) is 12.6. The molecular weight excluding hydrogens is 264 g/mol. The van der Waals surface area contributed by atoms with Crippen LogP contribution in [0.25, 0.3) is 0 Å². The smallest absolute Gasteiger partial charge is 0.173 e. The van der Waals surface area contributed by atoms with Crippen molar-refractivity contribution in [3.63, 3.8) is 0 Å². The molecule has 5 nitrogen and oxygen atoms in total. The molecule has 1 aromatic rings. The average molecular weight is 288 g/mol. The lowest BCUT2D eigenvalue weighted by molar-refractivity contribution is 0.202. The van der Waals surface area contributed by atoms with Gasteiger partial charge in [-0.15, -0.1) is 0 Å². The lowest BCUT2D eigenvalue weighted by Gasteiger charge is -2.42. The molecule has 2 fully saturated rings. The summed E-state index contributed by atoms with van der Waals surface area (Å²) in [5.74, 6) is 2.67. The van der Waals surface area contributed by atoms with E-state index >= 15 is 0 Å². The summed E-state index contributed by atoms with van der Waals surface area (Å²) in [4.78, 5) is 6.98. The molecule has 1 saturated heterocycles. The first kappa shape index (κ1) is 14.2. The monoisotopic (exact) mass is 288 g/mol. The Morgan fingerprint density at radius 2 is 2.05 bits per heavy atom. The Kier molecular flexibility index (Phi) is 3.99. The number of anilines is 1. The van der Waals surface area contributed by atoms with Crippen molar-refractivity contribution in [3.8, 4) is 0 Å². The predicted octanol–water partition coefficient (Wildman–Crippen LogP) is 2.50. The van der Waals surface area contributed by atoms with Crippen LogP contribution < -0.4 is 10.6 Å². The van der Waals surface area contributed by atoms with Crippen molar-refractivity contribution in [2.75, 3.05) is 18.0 Å². The summed E-state index contributed by atoms with van der Waals surface area (Å²) < 4.78 is 0. The number of hydrogen-bond acceptors (Lipinski definition) is 4. The Morgan fingerprint density at radius 3 is 2.81 bits per heavy atom. The Bertz CT molecular complexity index is 543. The second-order valence-corrected chi connectivity index (χ2v) is 6.35. The lowest BCUT2D eigenvalue weighted by Crippen LogP contribution is -2.43. The van der Waals surface area contributed by atoms with E-state index in [1.54, 1.807) is 0 Å². The van der Waals surface area contributed by atoms with Gasteiger partial charge in [-0.2, -0.15) is 0 Å². The fourth-order valence-corrected chi connectivity index (χ4v) is 3.83. The molecule has 3 N–H and O–H groups in total. The van der Waals surface area contributed by atoms with Gasteiger partial charge >= 0.3 is 0 Å². The molecule has 1 saturated carbocycles. The van der Waals surface area contributed by atoms with Gasteiger partial charge in [0, 0.05) is 18.8 Å². The van der Waals surface area contributed by atoms with Crippen molar-refractivity contribution in [1.82, 2.24) is 4.98 Å². The molecule has 1 aromatic heterocycles. The third-order valence-electron chi connectivity index (χ3n) is 4.99. The summed E-state index contributed by atoms with van der Waals surface area (Å²) in [7, 11) is 0. The van der Waals surface area contributed by atoms with Gasteiger partial charge in [0.15, 0.2) is 5.84 Å². The van der Waals surface area contributed by atoms with Gasteiger partial charge in [-0.05, 0) is 43.7 Å². The fourth-order valence-electron chi connectivity index (χ4n) is 3.83. The third kappa shape index (κ3) is 2.82. The summed E-state index contributed by atoms with van der Waals surface area (Å²) in [6, 6.07) is 3.81. The minimum atomic E-state index is 0.142. The number of hydrogen-bond donors (Lipinski definition) is 2. The van der Waals surface area contributed by atoms with Crippen LogP contribution >= 0.6 is 0 Å². The molecule has 1 aliphatic heterocycles. The topological polar surface area (TPSA) is 74.7 Å². The molecule has 0 spiro atoms. The number of fused-ring (bicyclic) bond motifs is 1. The lowest BCUT2D eigenvalue weighted by atomic mass is 9.75. The van der Waals surface area contributed by atoms with E-state index in [4.69, 9.17) is 10.9 Å². The van der Waals surface area contributed by atoms with Gasteiger partial charge in [-0.1, -0.05) is 24.4 Å². The van der Waals surface area contributed by atoms with Crippen LogP contribution in [0.1, 0.15) is 43.4 Å². The van der Waals surface area contributed by atoms with Crippen molar-refractivity contribution in [1.29, 1.82) is 0 Å². The van der Waals surface area contributed by atoms with Crippen molar-refractivity contribution in [3.05, 3.63) is 23.4 Å². The second kappa shape index (κ2) is 5.92. The summed E-state index contributed by atoms with van der Waals surface area (Å²) in [5.41, 5.74) is 7.51. The molecular formula is C16H24N4O. The molecule has 0 bridgehead atoms. The van der Waals surface area contributed by atoms with Gasteiger partial charge in [-0.25, -0.2) is 4.98 Å². The maximum Gasteiger partial charge on any atom is 0.173 e. The largest absolute Gasteiger partial charge is 0.409 e. The van der Waals surface area contributed by atoms with Crippen molar-refractivity contribution >= 4 is 11.7 Å². The second-order valence-electron chi connectivity index (χ2n) is 6.35. The quantitative estimate of drug-likeness (QED) is 0.379. The Labute approximate surface area is 125 Å². The van der Waals surface area contributed by atoms with E-state index in [-0.39, 0.29) is 5.84 Å². The maximum atomic E-state index is 8.98. The van der Waals surface area contributed by atoms with Crippen LogP contribution in [0.5, 0.6) is 0 Å². The van der Waals surface area contributed by atoms with Crippen molar-refractivity contribution in [2.24, 2.45) is 22.7 Å². The van der Waals surface area contributed by atoms with Crippen molar-refractivity contribution in [2.45, 2.75) is 39.0 Å². The van der Waals surface area contributed by atoms with Gasteiger partial charge in [-0.3, -0.25) is 0 Å². The maximum absolute atomic E-state index is 8.98. The van der Waals surface area contributed by atoms with Gasteiger partial charge in [0.1, 0.15) is 5.82 Å². The number of nitrogens with zero attached hydrogens (tertiary/aromatic N) is 3. The van der Waals surface area contributed by atoms with E-state index in [0.29, 0.717) is 0 Å². The Balaban J connectivity index is 1.87. The van der Waals surface area contributed by atoms with Crippen LogP contribution in [0.15, 0.2) is 17.3 Å². The van der Waals surface area contributed by atoms with Crippen LogP contribution in [0.2, 0.25) is 0 Å². The molecule has 3 rings (SSSR count). The summed E-state index contributed by atoms with van der Waals surface area (Å²) in [5, 5.41) is 12.1. The molecule has 114 valence electrons. The zero-order valence-electron chi connectivity index (χ0n) is 12.6. The van der Waals surface area contributed by atoms with Gasteiger partial charge in [0.25, 0.3) is 0 Å². The normalized spacial score (nSPS) is 26.5. The molecule has 21 heavy (non-hydrogen) atoms. The number of aromatic nitrogens is 1. The minimum Gasteiger partial charge on any atom is -0.409 e. The first-order valence-corrected chi connectivity index (χ1v) is 7.89. The first-order valence-electron chi connectivity index (χ1n) is 7.89. The minimum absolute atomic E-state index is 0.142. The number of piperidine rings is 1. The van der Waals surface area contributed by atoms with Gasteiger partial charge in [0.05, 0.1) is 5.56 Å². The van der Waals surface area contributed by atoms with Crippen LogP contribution in [0, 0.1) is 18.8 Å². The molecule has 0 amide bonds. The highest BCUT2D eigenvalue weighted by Crippen LogP contribution is 2.37. The highest BCUT2D eigenvalue weighted by atomic mass is 16.4. The molecule has 0 radical (unpaired) electrons. The van der Waals surface area contributed by atoms with Crippen LogP contribution in [0.3, 0.4) is 0 Å². The van der Waals surface area contributed by atoms with E-state index < -0.39 is 0 Å². The molecule has 2 heterocycles. The number of rotatable bonds is 2. The summed E-state index contributed by atoms with van der Waals surface area (Å²) in [6.45, 7) is 4.04. The van der Waals surface area contributed by atoms with Crippen LogP contribution in [-0.4, -0.2) is 29.1 Å². The number of pyridine rings is 1.